The Morgan fingerprint density at radius 2 is 1.62 bits per heavy atom. The second kappa shape index (κ2) is 6.49. The van der Waals surface area contributed by atoms with Crippen LogP contribution in [0.4, 0.5) is 4.39 Å². The Labute approximate surface area is 152 Å². The van der Waals surface area contributed by atoms with Crippen LogP contribution < -0.4 is 0 Å². The molecule has 2 saturated heterocycles. The van der Waals surface area contributed by atoms with Gasteiger partial charge in [-0.25, -0.2) is 4.39 Å². The molecule has 2 unspecified atom stereocenters. The standard InChI is InChI=1S/C21H22FN3O/c22-18-6-7-21-19(8-18)20(23-26-21)14-25-12-16-10-24(11-17(16)13-25)9-15-4-2-1-3-5-15/h1-8,16-17H,9-14H2. The maximum absolute atomic E-state index is 13.5. The zero-order valence-electron chi connectivity index (χ0n) is 14.6. The Balaban J connectivity index is 1.22. The molecule has 5 rings (SSSR count). The summed E-state index contributed by atoms with van der Waals surface area (Å²) in [6.45, 7) is 6.26. The van der Waals surface area contributed by atoms with E-state index in [0.29, 0.717) is 17.4 Å². The molecule has 26 heavy (non-hydrogen) atoms. The first-order chi connectivity index (χ1) is 12.7. The van der Waals surface area contributed by atoms with Gasteiger partial charge in [-0.15, -0.1) is 0 Å². The van der Waals surface area contributed by atoms with Crippen LogP contribution in [0.15, 0.2) is 53.1 Å². The van der Waals surface area contributed by atoms with Gasteiger partial charge < -0.3 is 4.52 Å². The Bertz CT molecular complexity index is 896. The topological polar surface area (TPSA) is 32.5 Å². The zero-order valence-corrected chi connectivity index (χ0v) is 14.6. The number of hydrogen-bond donors (Lipinski definition) is 0. The van der Waals surface area contributed by atoms with E-state index in [1.54, 1.807) is 6.07 Å². The van der Waals surface area contributed by atoms with Gasteiger partial charge in [0.05, 0.1) is 0 Å². The van der Waals surface area contributed by atoms with Crippen molar-refractivity contribution in [3.8, 4) is 0 Å². The molecule has 2 atom stereocenters. The summed E-state index contributed by atoms with van der Waals surface area (Å²) in [6, 6.07) is 15.3. The van der Waals surface area contributed by atoms with Gasteiger partial charge in [-0.3, -0.25) is 9.80 Å². The van der Waals surface area contributed by atoms with Crippen LogP contribution in [0.5, 0.6) is 0 Å². The summed E-state index contributed by atoms with van der Waals surface area (Å²) in [5.41, 5.74) is 2.90. The lowest BCUT2D eigenvalue weighted by Crippen LogP contribution is -2.28. The highest BCUT2D eigenvalue weighted by Gasteiger charge is 2.39. The molecule has 4 nitrogen and oxygen atoms in total. The molecule has 0 saturated carbocycles. The fourth-order valence-corrected chi connectivity index (χ4v) is 4.57. The second-order valence-electron chi connectivity index (χ2n) is 7.66. The lowest BCUT2D eigenvalue weighted by Gasteiger charge is -2.20. The maximum atomic E-state index is 13.5. The third-order valence-electron chi connectivity index (χ3n) is 5.77. The summed E-state index contributed by atoms with van der Waals surface area (Å²) in [5.74, 6) is 1.19. The highest BCUT2D eigenvalue weighted by Crippen LogP contribution is 2.33. The van der Waals surface area contributed by atoms with Gasteiger partial charge >= 0.3 is 0 Å². The molecule has 1 aromatic heterocycles. The minimum Gasteiger partial charge on any atom is -0.356 e. The maximum Gasteiger partial charge on any atom is 0.167 e. The van der Waals surface area contributed by atoms with Crippen LogP contribution in [0.1, 0.15) is 11.3 Å². The first kappa shape index (κ1) is 16.0. The Hall–Kier alpha value is -2.24. The number of halogens is 1. The average molecular weight is 351 g/mol. The Kier molecular flexibility index (Phi) is 3.98. The second-order valence-corrected chi connectivity index (χ2v) is 7.66. The molecule has 3 aromatic rings. The fraction of sp³-hybridized carbons (Fsp3) is 0.381. The van der Waals surface area contributed by atoms with Crippen LogP contribution in [-0.2, 0) is 13.1 Å². The Morgan fingerprint density at radius 3 is 2.35 bits per heavy atom. The largest absolute Gasteiger partial charge is 0.356 e. The van der Waals surface area contributed by atoms with Gasteiger partial charge in [0.15, 0.2) is 5.58 Å². The van der Waals surface area contributed by atoms with E-state index in [2.05, 4.69) is 45.3 Å². The molecule has 2 fully saturated rings. The van der Waals surface area contributed by atoms with Gasteiger partial charge in [0.25, 0.3) is 0 Å². The predicted molar refractivity (Wildman–Crippen MR) is 97.9 cm³/mol. The highest BCUT2D eigenvalue weighted by molar-refractivity contribution is 5.79. The summed E-state index contributed by atoms with van der Waals surface area (Å²) in [6.07, 6.45) is 0. The molecular weight excluding hydrogens is 329 g/mol. The summed E-state index contributed by atoms with van der Waals surface area (Å²) in [4.78, 5) is 5.01. The quantitative estimate of drug-likeness (QED) is 0.720. The van der Waals surface area contributed by atoms with Crippen molar-refractivity contribution in [2.45, 2.75) is 13.1 Å². The molecule has 3 heterocycles. The van der Waals surface area contributed by atoms with Crippen molar-refractivity contribution in [3.05, 3.63) is 65.6 Å². The van der Waals surface area contributed by atoms with E-state index in [4.69, 9.17) is 4.52 Å². The summed E-state index contributed by atoms with van der Waals surface area (Å²) >= 11 is 0. The SMILES string of the molecule is Fc1ccc2onc(CN3CC4CN(Cc5ccccc5)CC4C3)c2c1. The van der Waals surface area contributed by atoms with Crippen molar-refractivity contribution in [1.29, 1.82) is 0 Å². The smallest absolute Gasteiger partial charge is 0.167 e. The van der Waals surface area contributed by atoms with E-state index in [9.17, 15) is 4.39 Å². The zero-order chi connectivity index (χ0) is 17.5. The predicted octanol–water partition coefficient (Wildman–Crippen LogP) is 3.53. The van der Waals surface area contributed by atoms with Crippen LogP contribution in [0.2, 0.25) is 0 Å². The third-order valence-corrected chi connectivity index (χ3v) is 5.77. The van der Waals surface area contributed by atoms with Crippen LogP contribution in [0.25, 0.3) is 11.0 Å². The average Bonchev–Trinajstić information content (AvgIpc) is 3.30. The van der Waals surface area contributed by atoms with Gasteiger partial charge in [-0.05, 0) is 35.6 Å². The van der Waals surface area contributed by atoms with E-state index in [1.165, 1.54) is 17.7 Å². The van der Waals surface area contributed by atoms with Crippen LogP contribution in [-0.4, -0.2) is 41.1 Å². The van der Waals surface area contributed by atoms with E-state index >= 15 is 0 Å². The number of nitrogens with zero attached hydrogens (tertiary/aromatic N) is 3. The van der Waals surface area contributed by atoms with E-state index in [1.807, 2.05) is 0 Å². The van der Waals surface area contributed by atoms with Crippen molar-refractivity contribution < 1.29 is 8.91 Å². The third kappa shape index (κ3) is 3.02. The summed E-state index contributed by atoms with van der Waals surface area (Å²) in [5, 5.41) is 4.97. The lowest BCUT2D eigenvalue weighted by atomic mass is 10.0. The number of fused-ring (bicyclic) bond motifs is 2. The highest BCUT2D eigenvalue weighted by atomic mass is 19.1. The molecule has 0 amide bonds. The molecule has 2 aliphatic heterocycles. The van der Waals surface area contributed by atoms with Crippen molar-refractivity contribution in [2.24, 2.45) is 11.8 Å². The molecule has 5 heteroatoms. The van der Waals surface area contributed by atoms with Gasteiger partial charge in [-0.2, -0.15) is 0 Å². The van der Waals surface area contributed by atoms with E-state index in [-0.39, 0.29) is 5.82 Å². The van der Waals surface area contributed by atoms with Crippen LogP contribution >= 0.6 is 0 Å². The molecule has 2 aliphatic rings. The summed E-state index contributed by atoms with van der Waals surface area (Å²) in [7, 11) is 0. The van der Waals surface area contributed by atoms with Gasteiger partial charge in [0.2, 0.25) is 0 Å². The first-order valence-corrected chi connectivity index (χ1v) is 9.27. The fourth-order valence-electron chi connectivity index (χ4n) is 4.57. The minimum absolute atomic E-state index is 0.239. The molecular formula is C21H22FN3O. The molecule has 2 aromatic carbocycles. The van der Waals surface area contributed by atoms with Crippen LogP contribution in [0.3, 0.4) is 0 Å². The number of likely N-dealkylation sites (tertiary alicyclic amines) is 2. The van der Waals surface area contributed by atoms with Crippen molar-refractivity contribution in [3.63, 3.8) is 0 Å². The van der Waals surface area contributed by atoms with Crippen molar-refractivity contribution >= 4 is 11.0 Å². The van der Waals surface area contributed by atoms with E-state index < -0.39 is 0 Å². The van der Waals surface area contributed by atoms with Crippen LogP contribution in [0, 0.1) is 17.7 Å². The van der Waals surface area contributed by atoms with E-state index in [0.717, 1.165) is 50.3 Å². The molecule has 134 valence electrons. The normalized spacial score (nSPS) is 23.7. The number of hydrogen-bond acceptors (Lipinski definition) is 4. The van der Waals surface area contributed by atoms with Crippen molar-refractivity contribution in [2.75, 3.05) is 26.2 Å². The minimum atomic E-state index is -0.239. The lowest BCUT2D eigenvalue weighted by molar-refractivity contribution is 0.242. The molecule has 0 radical (unpaired) electrons. The monoisotopic (exact) mass is 351 g/mol. The number of aromatic nitrogens is 1. The summed E-state index contributed by atoms with van der Waals surface area (Å²) < 4.78 is 18.9. The number of benzene rings is 2. The Morgan fingerprint density at radius 1 is 0.923 bits per heavy atom. The molecule has 0 N–H and O–H groups in total. The van der Waals surface area contributed by atoms with Gasteiger partial charge in [0, 0.05) is 44.7 Å². The number of rotatable bonds is 4. The molecule has 0 bridgehead atoms. The van der Waals surface area contributed by atoms with Gasteiger partial charge in [0.1, 0.15) is 11.5 Å². The molecule has 0 spiro atoms. The first-order valence-electron chi connectivity index (χ1n) is 9.27. The van der Waals surface area contributed by atoms with Crippen molar-refractivity contribution in [1.82, 2.24) is 15.0 Å². The van der Waals surface area contributed by atoms with Gasteiger partial charge in [-0.1, -0.05) is 35.5 Å². The molecule has 0 aliphatic carbocycles.